The Labute approximate surface area is 138 Å². The van der Waals surface area contributed by atoms with Crippen molar-refractivity contribution in [1.29, 1.82) is 0 Å². The Morgan fingerprint density at radius 2 is 2.05 bits per heavy atom. The van der Waals surface area contributed by atoms with Gasteiger partial charge >= 0.3 is 0 Å². The molecule has 22 heavy (non-hydrogen) atoms. The van der Waals surface area contributed by atoms with E-state index in [1.807, 2.05) is 36.4 Å². The fraction of sp³-hybridized carbons (Fsp3) is 0.294. The van der Waals surface area contributed by atoms with Crippen LogP contribution in [0.2, 0.25) is 0 Å². The lowest BCUT2D eigenvalue weighted by molar-refractivity contribution is -0.129. The third-order valence-corrected chi connectivity index (χ3v) is 4.51. The number of pyridine rings is 1. The Balaban J connectivity index is 1.43. The first-order valence-corrected chi connectivity index (χ1v) is 8.07. The number of nitrogens with zero attached hydrogens (tertiary/aromatic N) is 1. The minimum Gasteiger partial charge on any atom is -0.373 e. The fourth-order valence-electron chi connectivity index (χ4n) is 2.41. The van der Waals surface area contributed by atoms with Crippen LogP contribution in [0.25, 0.3) is 0 Å². The number of amides is 1. The van der Waals surface area contributed by atoms with Gasteiger partial charge in [0.05, 0.1) is 24.6 Å². The van der Waals surface area contributed by atoms with Gasteiger partial charge in [-0.1, -0.05) is 30.3 Å². The van der Waals surface area contributed by atoms with Crippen LogP contribution in [0.4, 0.5) is 5.69 Å². The maximum atomic E-state index is 12.2. The van der Waals surface area contributed by atoms with E-state index < -0.39 is 0 Å². The number of nitrogens with one attached hydrogen (secondary N) is 1. The molecular formula is C17H17BrN2O2. The lowest BCUT2D eigenvalue weighted by Gasteiger charge is -2.34. The number of halogens is 1. The van der Waals surface area contributed by atoms with Gasteiger partial charge in [-0.2, -0.15) is 0 Å². The largest absolute Gasteiger partial charge is 0.373 e. The number of carbonyl (C=O) groups excluding carboxylic acids is 1. The molecule has 2 aromatic rings. The Kier molecular flexibility index (Phi) is 4.85. The van der Waals surface area contributed by atoms with E-state index in [4.69, 9.17) is 4.74 Å². The molecule has 1 aliphatic carbocycles. The summed E-state index contributed by atoms with van der Waals surface area (Å²) in [6, 6.07) is 11.9. The van der Waals surface area contributed by atoms with Crippen LogP contribution in [-0.2, 0) is 16.1 Å². The minimum absolute atomic E-state index is 0.0212. The van der Waals surface area contributed by atoms with Crippen molar-refractivity contribution in [1.82, 2.24) is 4.98 Å². The molecular weight excluding hydrogens is 344 g/mol. The zero-order valence-electron chi connectivity index (χ0n) is 12.0. The first-order chi connectivity index (χ1) is 10.7. The Morgan fingerprint density at radius 1 is 1.27 bits per heavy atom. The summed E-state index contributed by atoms with van der Waals surface area (Å²) in [7, 11) is 0. The molecule has 1 amide bonds. The molecule has 0 unspecified atom stereocenters. The quantitative estimate of drug-likeness (QED) is 0.882. The van der Waals surface area contributed by atoms with Gasteiger partial charge in [-0.25, -0.2) is 0 Å². The van der Waals surface area contributed by atoms with Crippen LogP contribution in [0.15, 0.2) is 53.3 Å². The van der Waals surface area contributed by atoms with Crippen molar-refractivity contribution in [2.24, 2.45) is 5.92 Å². The fourth-order valence-corrected chi connectivity index (χ4v) is 2.73. The molecule has 0 aliphatic heterocycles. The number of ether oxygens (including phenoxy) is 1. The van der Waals surface area contributed by atoms with E-state index in [1.165, 1.54) is 0 Å². The van der Waals surface area contributed by atoms with E-state index in [0.717, 1.165) is 22.9 Å². The third kappa shape index (κ3) is 3.72. The Hall–Kier alpha value is -1.72. The number of hydrogen-bond donors (Lipinski definition) is 1. The first-order valence-electron chi connectivity index (χ1n) is 7.28. The number of benzene rings is 1. The van der Waals surface area contributed by atoms with Crippen LogP contribution >= 0.6 is 15.9 Å². The predicted molar refractivity (Wildman–Crippen MR) is 88.3 cm³/mol. The minimum atomic E-state index is 0.0212. The van der Waals surface area contributed by atoms with Gasteiger partial charge in [0.25, 0.3) is 0 Å². The normalized spacial score (nSPS) is 20.2. The summed E-state index contributed by atoms with van der Waals surface area (Å²) in [6.45, 7) is 0.605. The van der Waals surface area contributed by atoms with Gasteiger partial charge in [0.15, 0.2) is 0 Å². The van der Waals surface area contributed by atoms with Gasteiger partial charge in [0.1, 0.15) is 0 Å². The van der Waals surface area contributed by atoms with Crippen molar-refractivity contribution in [3.8, 4) is 0 Å². The summed E-state index contributed by atoms with van der Waals surface area (Å²) in [5.74, 6) is 0.0566. The maximum absolute atomic E-state index is 12.2. The van der Waals surface area contributed by atoms with Gasteiger partial charge in [0.2, 0.25) is 5.91 Å². The molecule has 1 aromatic carbocycles. The molecule has 4 nitrogen and oxygen atoms in total. The average molecular weight is 361 g/mol. The maximum Gasteiger partial charge on any atom is 0.227 e. The lowest BCUT2D eigenvalue weighted by atomic mass is 9.81. The van der Waals surface area contributed by atoms with Crippen molar-refractivity contribution < 1.29 is 9.53 Å². The molecule has 0 atom stereocenters. The van der Waals surface area contributed by atoms with E-state index in [2.05, 4.69) is 26.2 Å². The molecule has 1 N–H and O–H groups in total. The number of carbonyl (C=O) groups is 1. The summed E-state index contributed by atoms with van der Waals surface area (Å²) in [5.41, 5.74) is 1.87. The standard InChI is InChI=1S/C17H17BrN2O2/c18-15-6-7-19-10-16(15)20-17(21)13-8-14(9-13)22-11-12-4-2-1-3-5-12/h1-7,10,13-14H,8-9,11H2,(H,20,21). The van der Waals surface area contributed by atoms with E-state index in [9.17, 15) is 4.79 Å². The summed E-state index contributed by atoms with van der Waals surface area (Å²) in [6.07, 6.45) is 5.04. The second-order valence-corrected chi connectivity index (χ2v) is 6.29. The van der Waals surface area contributed by atoms with Crippen molar-refractivity contribution >= 4 is 27.5 Å². The van der Waals surface area contributed by atoms with Gasteiger partial charge < -0.3 is 10.1 Å². The average Bonchev–Trinajstić information content (AvgIpc) is 2.49. The number of aromatic nitrogens is 1. The first kappa shape index (κ1) is 15.2. The molecule has 0 saturated heterocycles. The van der Waals surface area contributed by atoms with Gasteiger partial charge in [-0.3, -0.25) is 9.78 Å². The molecule has 0 spiro atoms. The molecule has 114 valence electrons. The van der Waals surface area contributed by atoms with Crippen LogP contribution in [0.1, 0.15) is 18.4 Å². The van der Waals surface area contributed by atoms with E-state index >= 15 is 0 Å². The van der Waals surface area contributed by atoms with Gasteiger partial charge in [0, 0.05) is 16.6 Å². The van der Waals surface area contributed by atoms with Gasteiger partial charge in [-0.05, 0) is 40.4 Å². The summed E-state index contributed by atoms with van der Waals surface area (Å²) in [4.78, 5) is 16.2. The highest BCUT2D eigenvalue weighted by molar-refractivity contribution is 9.10. The third-order valence-electron chi connectivity index (χ3n) is 3.82. The van der Waals surface area contributed by atoms with E-state index in [1.54, 1.807) is 12.4 Å². The van der Waals surface area contributed by atoms with Gasteiger partial charge in [-0.15, -0.1) is 0 Å². The van der Waals surface area contributed by atoms with Crippen molar-refractivity contribution in [2.75, 3.05) is 5.32 Å². The summed E-state index contributed by atoms with van der Waals surface area (Å²) < 4.78 is 6.66. The Bertz CT molecular complexity index is 642. The van der Waals surface area contributed by atoms with E-state index in [0.29, 0.717) is 12.3 Å². The highest BCUT2D eigenvalue weighted by Gasteiger charge is 2.35. The smallest absolute Gasteiger partial charge is 0.227 e. The lowest BCUT2D eigenvalue weighted by Crippen LogP contribution is -2.39. The monoisotopic (exact) mass is 360 g/mol. The van der Waals surface area contributed by atoms with Crippen LogP contribution in [-0.4, -0.2) is 17.0 Å². The topological polar surface area (TPSA) is 51.2 Å². The molecule has 0 bridgehead atoms. The van der Waals surface area contributed by atoms with Crippen molar-refractivity contribution in [3.63, 3.8) is 0 Å². The highest BCUT2D eigenvalue weighted by atomic mass is 79.9. The molecule has 0 radical (unpaired) electrons. The highest BCUT2D eigenvalue weighted by Crippen LogP contribution is 2.32. The number of anilines is 1. The summed E-state index contributed by atoms with van der Waals surface area (Å²) in [5, 5.41) is 2.90. The summed E-state index contributed by atoms with van der Waals surface area (Å²) >= 11 is 3.40. The van der Waals surface area contributed by atoms with Crippen molar-refractivity contribution in [3.05, 3.63) is 58.8 Å². The molecule has 1 aromatic heterocycles. The zero-order chi connectivity index (χ0) is 15.4. The second-order valence-electron chi connectivity index (χ2n) is 5.43. The number of hydrogen-bond acceptors (Lipinski definition) is 3. The van der Waals surface area contributed by atoms with Crippen LogP contribution in [0.3, 0.4) is 0 Å². The predicted octanol–water partition coefficient (Wildman–Crippen LogP) is 3.78. The molecule has 1 heterocycles. The Morgan fingerprint density at radius 3 is 2.77 bits per heavy atom. The molecule has 1 saturated carbocycles. The van der Waals surface area contributed by atoms with Crippen LogP contribution < -0.4 is 5.32 Å². The second kappa shape index (κ2) is 7.03. The van der Waals surface area contributed by atoms with Crippen LogP contribution in [0.5, 0.6) is 0 Å². The molecule has 3 rings (SSSR count). The number of rotatable bonds is 5. The van der Waals surface area contributed by atoms with E-state index in [-0.39, 0.29) is 17.9 Å². The molecule has 1 aliphatic rings. The molecule has 1 fully saturated rings. The van der Waals surface area contributed by atoms with Crippen molar-refractivity contribution in [2.45, 2.75) is 25.6 Å². The van der Waals surface area contributed by atoms with Crippen LogP contribution in [0, 0.1) is 5.92 Å². The molecule has 5 heteroatoms. The SMILES string of the molecule is O=C(Nc1cnccc1Br)C1CC(OCc2ccccc2)C1. The zero-order valence-corrected chi connectivity index (χ0v) is 13.6.